The molecule has 1 aliphatic heterocycles. The molecule has 5 rings (SSSR count). The molecule has 0 spiro atoms. The first kappa shape index (κ1) is 31.7. The minimum absolute atomic E-state index is 0.392. The number of benzene rings is 3. The van der Waals surface area contributed by atoms with Crippen LogP contribution in [0.4, 0.5) is 26.1 Å². The van der Waals surface area contributed by atoms with Crippen molar-refractivity contribution in [3.05, 3.63) is 119 Å². The van der Waals surface area contributed by atoms with Gasteiger partial charge in [0.05, 0.1) is 10.7 Å². The van der Waals surface area contributed by atoms with Crippen molar-refractivity contribution >= 4 is 45.5 Å². The summed E-state index contributed by atoms with van der Waals surface area (Å²) in [6.45, 7) is 7.66. The van der Waals surface area contributed by atoms with Crippen molar-refractivity contribution in [2.45, 2.75) is 20.3 Å². The molecule has 1 aliphatic rings. The van der Waals surface area contributed by atoms with Gasteiger partial charge >= 0.3 is 0 Å². The third-order valence-corrected chi connectivity index (χ3v) is 8.27. The number of nitrogens with zero attached hydrogens (tertiary/aromatic N) is 3. The number of hydrogen-bond acceptors (Lipinski definition) is 8. The largest absolute Gasteiger partial charge is 0.492 e. The van der Waals surface area contributed by atoms with Crippen LogP contribution in [0.5, 0.6) is 5.75 Å². The Hall–Kier alpha value is -4.74. The lowest BCUT2D eigenvalue weighted by Crippen LogP contribution is -2.27. The van der Waals surface area contributed by atoms with E-state index in [1.54, 1.807) is 24.4 Å². The van der Waals surface area contributed by atoms with Gasteiger partial charge in [-0.05, 0) is 79.2 Å². The van der Waals surface area contributed by atoms with Crippen LogP contribution in [0, 0.1) is 11.6 Å². The molecule has 0 saturated heterocycles. The quantitative estimate of drug-likeness (QED) is 0.150. The molecule has 232 valence electrons. The molecule has 0 saturated carbocycles. The summed E-state index contributed by atoms with van der Waals surface area (Å²) in [5, 5.41) is 6.51. The summed E-state index contributed by atoms with van der Waals surface area (Å²) in [7, 11) is 0. The molecule has 45 heavy (non-hydrogen) atoms. The fourth-order valence-corrected chi connectivity index (χ4v) is 5.78. The molecule has 2 heterocycles. The van der Waals surface area contributed by atoms with Crippen LogP contribution in [0.2, 0.25) is 0 Å². The van der Waals surface area contributed by atoms with Crippen LogP contribution in [0.25, 0.3) is 10.5 Å². The molecule has 1 amide bonds. The van der Waals surface area contributed by atoms with Crippen molar-refractivity contribution in [1.82, 2.24) is 14.9 Å². The number of halogens is 2. The molecule has 0 unspecified atom stereocenters. The Balaban J connectivity index is 1.36. The summed E-state index contributed by atoms with van der Waals surface area (Å²) < 4.78 is 34.3. The van der Waals surface area contributed by atoms with Crippen molar-refractivity contribution < 1.29 is 18.3 Å². The van der Waals surface area contributed by atoms with E-state index in [4.69, 9.17) is 15.5 Å². The Kier molecular flexibility index (Phi) is 10.4. The highest BCUT2D eigenvalue weighted by Gasteiger charge is 2.21. The van der Waals surface area contributed by atoms with Crippen molar-refractivity contribution in [3.8, 4) is 5.75 Å². The molecule has 4 aromatic rings. The van der Waals surface area contributed by atoms with Crippen LogP contribution in [0.1, 0.15) is 41.9 Å². The topological polar surface area (TPSA) is 105 Å². The van der Waals surface area contributed by atoms with E-state index < -0.39 is 23.1 Å². The Morgan fingerprint density at radius 2 is 1.73 bits per heavy atom. The van der Waals surface area contributed by atoms with Gasteiger partial charge in [0.1, 0.15) is 29.6 Å². The molecule has 1 aromatic heterocycles. The van der Waals surface area contributed by atoms with E-state index in [9.17, 15) is 13.6 Å². The number of allylic oxidation sites excluding steroid dienone is 2. The van der Waals surface area contributed by atoms with E-state index in [0.29, 0.717) is 35.4 Å². The molecule has 4 N–H and O–H groups in total. The van der Waals surface area contributed by atoms with E-state index >= 15 is 0 Å². The van der Waals surface area contributed by atoms with Gasteiger partial charge in [-0.2, -0.15) is 0 Å². The van der Waals surface area contributed by atoms with Gasteiger partial charge in [0.25, 0.3) is 5.91 Å². The zero-order valence-corrected chi connectivity index (χ0v) is 25.8. The summed E-state index contributed by atoms with van der Waals surface area (Å²) in [5.41, 5.74) is 9.17. The summed E-state index contributed by atoms with van der Waals surface area (Å²) in [4.78, 5) is 25.1. The number of carbonyl (C=O) groups is 1. The zero-order chi connectivity index (χ0) is 31.8. The number of thioether (sulfide) groups is 1. The number of nitrogens with one attached hydrogen (secondary N) is 2. The highest BCUT2D eigenvalue weighted by molar-refractivity contribution is 8.12. The van der Waals surface area contributed by atoms with Crippen LogP contribution >= 0.6 is 11.8 Å². The fraction of sp³-hybridized carbons (Fsp3) is 0.206. The Morgan fingerprint density at radius 1 is 1.00 bits per heavy atom. The molecular formula is C34H34F2N6O2S. The molecule has 0 aliphatic carbocycles. The van der Waals surface area contributed by atoms with Gasteiger partial charge in [0, 0.05) is 35.1 Å². The second-order valence-corrected chi connectivity index (χ2v) is 11.2. The number of aromatic nitrogens is 2. The summed E-state index contributed by atoms with van der Waals surface area (Å²) in [6, 6.07) is 19.9. The highest BCUT2D eigenvalue weighted by atomic mass is 32.2. The zero-order valence-electron chi connectivity index (χ0n) is 25.0. The third kappa shape index (κ3) is 8.05. The van der Waals surface area contributed by atoms with Gasteiger partial charge < -0.3 is 26.0 Å². The first-order valence-corrected chi connectivity index (χ1v) is 15.4. The first-order chi connectivity index (χ1) is 21.8. The summed E-state index contributed by atoms with van der Waals surface area (Å²) in [5.74, 6) is -1.58. The third-order valence-electron chi connectivity index (χ3n) is 7.21. The molecule has 3 aromatic carbocycles. The molecule has 0 atom stereocenters. The SMILES string of the molecule is CCN(CC)CCOc1cccc(Nc2nccc(C3=C(c4cccc(NC(=O)c5c(F)cccc5F)c4)CC=C(N)S3)n2)c1. The van der Waals surface area contributed by atoms with Gasteiger partial charge in [-0.3, -0.25) is 4.79 Å². The Labute approximate surface area is 265 Å². The minimum Gasteiger partial charge on any atom is -0.492 e. The number of ether oxygens (including phenoxy) is 1. The molecule has 0 radical (unpaired) electrons. The standard InChI is InChI=1S/C34H34F2N6O2S/c1-3-42(4-2)18-19-44-25-11-6-10-24(21-25)40-34-38-17-16-29(41-34)32-26(14-15-30(37)45-32)22-8-5-9-23(20-22)39-33(43)31-27(35)12-7-13-28(31)36/h5-13,15-17,20-21H,3-4,14,18-19,37H2,1-2H3,(H,39,43)(H,38,40,41). The molecule has 0 fully saturated rings. The number of nitrogens with two attached hydrogens (primary N) is 1. The summed E-state index contributed by atoms with van der Waals surface area (Å²) >= 11 is 1.39. The van der Waals surface area contributed by atoms with E-state index in [2.05, 4.69) is 34.4 Å². The second kappa shape index (κ2) is 14.8. The maximum atomic E-state index is 14.2. The number of carbonyl (C=O) groups excluding carboxylic acids is 1. The van der Waals surface area contributed by atoms with Gasteiger partial charge in [-0.15, -0.1) is 0 Å². The van der Waals surface area contributed by atoms with Crippen molar-refractivity contribution in [1.29, 1.82) is 0 Å². The van der Waals surface area contributed by atoms with Crippen LogP contribution in [-0.2, 0) is 0 Å². The number of anilines is 3. The minimum atomic E-state index is -0.930. The predicted octanol–water partition coefficient (Wildman–Crippen LogP) is 7.28. The monoisotopic (exact) mass is 628 g/mol. The van der Waals surface area contributed by atoms with E-state index in [-0.39, 0.29) is 0 Å². The lowest BCUT2D eigenvalue weighted by Gasteiger charge is -2.20. The summed E-state index contributed by atoms with van der Waals surface area (Å²) in [6.07, 6.45) is 4.11. The van der Waals surface area contributed by atoms with Gasteiger partial charge in [-0.25, -0.2) is 18.7 Å². The van der Waals surface area contributed by atoms with E-state index in [1.165, 1.54) is 17.8 Å². The average Bonchev–Trinajstić information content (AvgIpc) is 3.03. The van der Waals surface area contributed by atoms with E-state index in [1.807, 2.05) is 42.5 Å². The van der Waals surface area contributed by atoms with Gasteiger partial charge in [-0.1, -0.05) is 49.9 Å². The molecule has 11 heteroatoms. The number of amides is 1. The smallest absolute Gasteiger partial charge is 0.261 e. The maximum absolute atomic E-state index is 14.2. The van der Waals surface area contributed by atoms with Crippen LogP contribution < -0.4 is 21.1 Å². The van der Waals surface area contributed by atoms with Crippen molar-refractivity contribution in [2.24, 2.45) is 5.73 Å². The van der Waals surface area contributed by atoms with Crippen LogP contribution in [-0.4, -0.2) is 47.0 Å². The normalized spacial score (nSPS) is 13.0. The lowest BCUT2D eigenvalue weighted by atomic mass is 10.00. The maximum Gasteiger partial charge on any atom is 0.261 e. The Morgan fingerprint density at radius 3 is 2.51 bits per heavy atom. The average molecular weight is 629 g/mol. The van der Waals surface area contributed by atoms with Crippen molar-refractivity contribution in [3.63, 3.8) is 0 Å². The van der Waals surface area contributed by atoms with Gasteiger partial charge in [0.2, 0.25) is 5.95 Å². The number of hydrogen-bond donors (Lipinski definition) is 3. The number of likely N-dealkylation sites (N-methyl/N-ethyl adjacent to an activating group) is 1. The molecule has 0 bridgehead atoms. The van der Waals surface area contributed by atoms with Crippen molar-refractivity contribution in [2.75, 3.05) is 36.9 Å². The number of rotatable bonds is 12. The van der Waals surface area contributed by atoms with Crippen LogP contribution in [0.3, 0.4) is 0 Å². The Bertz CT molecular complexity index is 1720. The highest BCUT2D eigenvalue weighted by Crippen LogP contribution is 2.43. The fourth-order valence-electron chi connectivity index (χ4n) is 4.84. The molecular weight excluding hydrogens is 594 g/mol. The first-order valence-electron chi connectivity index (χ1n) is 14.6. The van der Waals surface area contributed by atoms with E-state index in [0.717, 1.165) is 59.2 Å². The van der Waals surface area contributed by atoms with Crippen LogP contribution in [0.15, 0.2) is 90.1 Å². The molecule has 8 nitrogen and oxygen atoms in total. The predicted molar refractivity (Wildman–Crippen MR) is 177 cm³/mol. The van der Waals surface area contributed by atoms with Gasteiger partial charge in [0.15, 0.2) is 0 Å². The second-order valence-electron chi connectivity index (χ2n) is 10.1. The lowest BCUT2D eigenvalue weighted by molar-refractivity contribution is 0.101.